The van der Waals surface area contributed by atoms with E-state index in [1.807, 2.05) is 0 Å². The molecule has 0 amide bonds. The topological polar surface area (TPSA) is 82.9 Å². The zero-order valence-corrected chi connectivity index (χ0v) is 8.46. The van der Waals surface area contributed by atoms with Gasteiger partial charge in [0.15, 0.2) is 5.82 Å². The van der Waals surface area contributed by atoms with E-state index in [1.165, 1.54) is 12.3 Å². The molecule has 0 fully saturated rings. The van der Waals surface area contributed by atoms with Gasteiger partial charge in [0.1, 0.15) is 0 Å². The van der Waals surface area contributed by atoms with Crippen LogP contribution in [0.4, 0.5) is 4.39 Å². The molecule has 0 bridgehead atoms. The van der Waals surface area contributed by atoms with Gasteiger partial charge in [-0.2, -0.15) is 5.26 Å². The molecule has 5 nitrogen and oxygen atoms in total. The van der Waals surface area contributed by atoms with Crippen molar-refractivity contribution in [1.29, 1.82) is 5.26 Å². The molecule has 7 heteroatoms. The Morgan fingerprint density at radius 3 is 2.93 bits per heavy atom. The Kier molecular flexibility index (Phi) is 3.71. The summed E-state index contributed by atoms with van der Waals surface area (Å²) < 4.78 is 37.9. The Hall–Kier alpha value is -1.52. The number of rotatable bonds is 4. The standard InChI is InChI=1S/C8H8FN3O2S/c9-7-3-1-5-11-8(7)15(13,14)12-6-2-4-10/h1,3,5,12H,2,6H2. The van der Waals surface area contributed by atoms with E-state index in [1.54, 1.807) is 6.07 Å². The summed E-state index contributed by atoms with van der Waals surface area (Å²) in [6.07, 6.45) is 1.20. The van der Waals surface area contributed by atoms with Crippen LogP contribution in [0.15, 0.2) is 23.4 Å². The molecule has 0 radical (unpaired) electrons. The second-order valence-corrected chi connectivity index (χ2v) is 4.28. The van der Waals surface area contributed by atoms with Crippen molar-refractivity contribution in [1.82, 2.24) is 9.71 Å². The average molecular weight is 229 g/mol. The van der Waals surface area contributed by atoms with Crippen molar-refractivity contribution >= 4 is 10.0 Å². The summed E-state index contributed by atoms with van der Waals surface area (Å²) in [6.45, 7) is -0.0607. The van der Waals surface area contributed by atoms with Crippen molar-refractivity contribution in [3.8, 4) is 6.07 Å². The van der Waals surface area contributed by atoms with Crippen molar-refractivity contribution < 1.29 is 12.8 Å². The maximum absolute atomic E-state index is 13.0. The van der Waals surface area contributed by atoms with Gasteiger partial charge in [0.2, 0.25) is 5.03 Å². The summed E-state index contributed by atoms with van der Waals surface area (Å²) in [6, 6.07) is 4.07. The number of pyridine rings is 1. The number of hydrogen-bond donors (Lipinski definition) is 1. The Morgan fingerprint density at radius 1 is 1.60 bits per heavy atom. The van der Waals surface area contributed by atoms with Gasteiger partial charge in [-0.25, -0.2) is 22.5 Å². The highest BCUT2D eigenvalue weighted by Gasteiger charge is 2.19. The van der Waals surface area contributed by atoms with Crippen molar-refractivity contribution in [2.45, 2.75) is 11.4 Å². The minimum atomic E-state index is -3.95. The van der Waals surface area contributed by atoms with Gasteiger partial charge in [0, 0.05) is 19.2 Å². The predicted molar refractivity (Wildman–Crippen MR) is 49.6 cm³/mol. The normalized spacial score (nSPS) is 10.9. The molecule has 0 aliphatic heterocycles. The average Bonchev–Trinajstić information content (AvgIpc) is 2.18. The van der Waals surface area contributed by atoms with Gasteiger partial charge in [-0.3, -0.25) is 0 Å². The zero-order valence-electron chi connectivity index (χ0n) is 7.64. The zero-order chi connectivity index (χ0) is 11.3. The fourth-order valence-electron chi connectivity index (χ4n) is 0.879. The van der Waals surface area contributed by atoms with Gasteiger partial charge in [-0.15, -0.1) is 0 Å². The molecule has 1 rings (SSSR count). The van der Waals surface area contributed by atoms with Gasteiger partial charge in [-0.1, -0.05) is 0 Å². The van der Waals surface area contributed by atoms with Crippen LogP contribution in [0.5, 0.6) is 0 Å². The summed E-state index contributed by atoms with van der Waals surface area (Å²) in [4.78, 5) is 3.42. The third-order valence-corrected chi connectivity index (χ3v) is 2.90. The van der Waals surface area contributed by atoms with Crippen LogP contribution in [0.25, 0.3) is 0 Å². The minimum Gasteiger partial charge on any atom is -0.241 e. The third-order valence-electron chi connectivity index (χ3n) is 1.51. The van der Waals surface area contributed by atoms with Crippen LogP contribution < -0.4 is 4.72 Å². The molecule has 1 aromatic heterocycles. The van der Waals surface area contributed by atoms with Crippen LogP contribution in [0.1, 0.15) is 6.42 Å². The highest BCUT2D eigenvalue weighted by atomic mass is 32.2. The second kappa shape index (κ2) is 4.82. The Balaban J connectivity index is 2.88. The van der Waals surface area contributed by atoms with Crippen molar-refractivity contribution in [3.05, 3.63) is 24.1 Å². The fraction of sp³-hybridized carbons (Fsp3) is 0.250. The van der Waals surface area contributed by atoms with Crippen LogP contribution >= 0.6 is 0 Å². The van der Waals surface area contributed by atoms with E-state index in [-0.39, 0.29) is 13.0 Å². The first kappa shape index (κ1) is 11.6. The third kappa shape index (κ3) is 2.97. The Bertz CT molecular complexity index is 481. The molecule has 0 aromatic carbocycles. The fourth-order valence-corrected chi connectivity index (χ4v) is 1.91. The number of aromatic nitrogens is 1. The SMILES string of the molecule is N#CCCNS(=O)(=O)c1ncccc1F. The molecular formula is C8H8FN3O2S. The summed E-state index contributed by atoms with van der Waals surface area (Å²) in [5.74, 6) is -0.915. The van der Waals surface area contributed by atoms with E-state index in [9.17, 15) is 12.8 Å². The maximum atomic E-state index is 13.0. The second-order valence-electron chi connectivity index (χ2n) is 2.60. The quantitative estimate of drug-likeness (QED) is 0.758. The van der Waals surface area contributed by atoms with Crippen LogP contribution in [-0.4, -0.2) is 19.9 Å². The smallest absolute Gasteiger partial charge is 0.241 e. The summed E-state index contributed by atoms with van der Waals surface area (Å²) in [7, 11) is -3.95. The summed E-state index contributed by atoms with van der Waals surface area (Å²) in [5.41, 5.74) is 0. The molecule has 1 heterocycles. The monoisotopic (exact) mass is 229 g/mol. The molecule has 0 atom stereocenters. The first-order chi connectivity index (χ1) is 7.08. The van der Waals surface area contributed by atoms with Crippen molar-refractivity contribution in [2.75, 3.05) is 6.54 Å². The number of nitriles is 1. The van der Waals surface area contributed by atoms with Crippen LogP contribution in [0.3, 0.4) is 0 Å². The lowest BCUT2D eigenvalue weighted by Gasteiger charge is -2.03. The molecular weight excluding hydrogens is 221 g/mol. The maximum Gasteiger partial charge on any atom is 0.261 e. The van der Waals surface area contributed by atoms with E-state index >= 15 is 0 Å². The molecule has 1 N–H and O–H groups in total. The van der Waals surface area contributed by atoms with Gasteiger partial charge >= 0.3 is 0 Å². The molecule has 0 aliphatic carbocycles. The first-order valence-corrected chi connectivity index (χ1v) is 5.53. The van der Waals surface area contributed by atoms with Crippen LogP contribution in [0.2, 0.25) is 0 Å². The first-order valence-electron chi connectivity index (χ1n) is 4.05. The van der Waals surface area contributed by atoms with E-state index < -0.39 is 20.9 Å². The minimum absolute atomic E-state index is 0.0215. The van der Waals surface area contributed by atoms with Gasteiger partial charge in [-0.05, 0) is 12.1 Å². The van der Waals surface area contributed by atoms with Gasteiger partial charge in [0.25, 0.3) is 10.0 Å². The Labute approximate surface area is 86.6 Å². The number of nitrogens with one attached hydrogen (secondary N) is 1. The highest BCUT2D eigenvalue weighted by Crippen LogP contribution is 2.09. The lowest BCUT2D eigenvalue weighted by Crippen LogP contribution is -2.26. The highest BCUT2D eigenvalue weighted by molar-refractivity contribution is 7.89. The largest absolute Gasteiger partial charge is 0.261 e. The lowest BCUT2D eigenvalue weighted by atomic mass is 10.5. The lowest BCUT2D eigenvalue weighted by molar-refractivity contribution is 0.545. The molecule has 0 aliphatic rings. The molecule has 0 saturated heterocycles. The number of nitrogens with zero attached hydrogens (tertiary/aromatic N) is 2. The van der Waals surface area contributed by atoms with Crippen molar-refractivity contribution in [2.24, 2.45) is 0 Å². The summed E-state index contributed by atoms with van der Waals surface area (Å²) in [5, 5.41) is 7.56. The molecule has 15 heavy (non-hydrogen) atoms. The molecule has 0 saturated carbocycles. The Morgan fingerprint density at radius 2 is 2.33 bits per heavy atom. The number of sulfonamides is 1. The molecule has 80 valence electrons. The predicted octanol–water partition coefficient (Wildman–Crippen LogP) is 0.413. The van der Waals surface area contributed by atoms with Gasteiger partial charge < -0.3 is 0 Å². The molecule has 0 unspecified atom stereocenters. The van der Waals surface area contributed by atoms with Crippen LogP contribution in [-0.2, 0) is 10.0 Å². The molecule has 1 aromatic rings. The van der Waals surface area contributed by atoms with E-state index in [4.69, 9.17) is 5.26 Å². The van der Waals surface area contributed by atoms with Crippen molar-refractivity contribution in [3.63, 3.8) is 0 Å². The summed E-state index contributed by atoms with van der Waals surface area (Å²) >= 11 is 0. The van der Waals surface area contributed by atoms with Gasteiger partial charge in [0.05, 0.1) is 6.07 Å². The number of hydrogen-bond acceptors (Lipinski definition) is 4. The van der Waals surface area contributed by atoms with E-state index in [0.717, 1.165) is 6.07 Å². The molecule has 0 spiro atoms. The van der Waals surface area contributed by atoms with E-state index in [2.05, 4.69) is 9.71 Å². The van der Waals surface area contributed by atoms with E-state index in [0.29, 0.717) is 0 Å². The number of halogens is 1. The van der Waals surface area contributed by atoms with Crippen LogP contribution in [0, 0.1) is 17.1 Å².